The van der Waals surface area contributed by atoms with Crippen molar-refractivity contribution < 1.29 is 61.6 Å². The van der Waals surface area contributed by atoms with Gasteiger partial charge in [0, 0.05) is 0 Å². The first-order valence-electron chi connectivity index (χ1n) is 10.9. The van der Waals surface area contributed by atoms with E-state index in [2.05, 4.69) is 41.5 Å². The number of hydrogen-bond donors (Lipinski definition) is 0. The number of rotatable bonds is 14. The molecule has 0 rings (SSSR count). The smallest absolute Gasteiger partial charge is 0.747 e. The minimum absolute atomic E-state index is 0. The number of carbonyl (C=O) groups excluding carboxylic acids is 2. The van der Waals surface area contributed by atoms with Crippen LogP contribution in [0.5, 0.6) is 0 Å². The van der Waals surface area contributed by atoms with Gasteiger partial charge in [0.05, 0.1) is 19.6 Å². The molecule has 0 fully saturated rings. The summed E-state index contributed by atoms with van der Waals surface area (Å²) in [7, 11) is -5.01. The summed E-state index contributed by atoms with van der Waals surface area (Å²) in [4.78, 5) is 23.9. The van der Waals surface area contributed by atoms with Gasteiger partial charge in [0.1, 0.15) is 10.1 Å². The van der Waals surface area contributed by atoms with Crippen LogP contribution in [0.4, 0.5) is 0 Å². The number of carbonyl (C=O) groups is 2. The number of unbranched alkanes of at least 4 members (excludes halogenated alkanes) is 4. The summed E-state index contributed by atoms with van der Waals surface area (Å²) in [5, 5.41) is -2.06. The Morgan fingerprint density at radius 2 is 1.19 bits per heavy atom. The van der Waals surface area contributed by atoms with Crippen LogP contribution >= 0.6 is 0 Å². The molecule has 0 N–H and O–H groups in total. The molecule has 0 amide bonds. The Labute approximate surface area is 211 Å². The van der Waals surface area contributed by atoms with Gasteiger partial charge in [-0.3, -0.25) is 9.59 Å². The molecule has 0 aliphatic carbocycles. The normalized spacial score (nSPS) is 13.3. The van der Waals surface area contributed by atoms with Gasteiger partial charge in [-0.15, -0.1) is 0 Å². The molecule has 0 spiro atoms. The monoisotopic (exact) mass is 472 g/mol. The molecular formula is C22H41NaO7S. The van der Waals surface area contributed by atoms with Crippen molar-refractivity contribution in [2.75, 3.05) is 13.2 Å². The van der Waals surface area contributed by atoms with Crippen LogP contribution in [0.3, 0.4) is 0 Å². The van der Waals surface area contributed by atoms with E-state index in [1.165, 1.54) is 0 Å². The summed E-state index contributed by atoms with van der Waals surface area (Å²) < 4.78 is 44.1. The Kier molecular flexibility index (Phi) is 16.7. The van der Waals surface area contributed by atoms with Gasteiger partial charge >= 0.3 is 41.5 Å². The van der Waals surface area contributed by atoms with Gasteiger partial charge in [0.15, 0.2) is 5.25 Å². The fourth-order valence-electron chi connectivity index (χ4n) is 2.83. The molecule has 0 radical (unpaired) electrons. The van der Waals surface area contributed by atoms with Crippen molar-refractivity contribution in [3.8, 4) is 0 Å². The number of hydrogen-bond acceptors (Lipinski definition) is 7. The SMILES string of the molecule is CC(C)(C)CCCCCOC(=O)CC(C(=O)OCCCCCC(C)(C)C)S(=O)(=O)[O-].[Na+]. The first-order valence-corrected chi connectivity index (χ1v) is 12.4. The van der Waals surface area contributed by atoms with Crippen molar-refractivity contribution in [1.29, 1.82) is 0 Å². The topological polar surface area (TPSA) is 110 Å². The summed E-state index contributed by atoms with van der Waals surface area (Å²) >= 11 is 0. The van der Waals surface area contributed by atoms with E-state index in [1.54, 1.807) is 0 Å². The third kappa shape index (κ3) is 20.2. The largest absolute Gasteiger partial charge is 1.00 e. The van der Waals surface area contributed by atoms with Crippen LogP contribution in [0, 0.1) is 10.8 Å². The fraction of sp³-hybridized carbons (Fsp3) is 0.909. The predicted octanol–water partition coefficient (Wildman–Crippen LogP) is 1.59. The average Bonchev–Trinajstić information content (AvgIpc) is 2.55. The fourth-order valence-corrected chi connectivity index (χ4v) is 3.48. The first-order chi connectivity index (χ1) is 13.6. The van der Waals surface area contributed by atoms with E-state index in [4.69, 9.17) is 9.47 Å². The van der Waals surface area contributed by atoms with Crippen molar-refractivity contribution in [3.63, 3.8) is 0 Å². The van der Waals surface area contributed by atoms with Crippen LogP contribution < -0.4 is 29.6 Å². The van der Waals surface area contributed by atoms with E-state index in [1.807, 2.05) is 0 Å². The van der Waals surface area contributed by atoms with Gasteiger partial charge in [0.2, 0.25) is 0 Å². The molecule has 7 nitrogen and oxygen atoms in total. The molecule has 0 aliphatic heterocycles. The Balaban J connectivity index is 0. The maximum Gasteiger partial charge on any atom is 1.00 e. The van der Waals surface area contributed by atoms with Crippen LogP contribution in [0.2, 0.25) is 0 Å². The maximum atomic E-state index is 12.0. The third-order valence-corrected chi connectivity index (χ3v) is 5.67. The van der Waals surface area contributed by atoms with Gasteiger partial charge in [0.25, 0.3) is 0 Å². The maximum absolute atomic E-state index is 12.0. The molecule has 0 saturated carbocycles. The van der Waals surface area contributed by atoms with Crippen molar-refractivity contribution in [1.82, 2.24) is 0 Å². The minimum Gasteiger partial charge on any atom is -0.747 e. The molecule has 0 saturated heterocycles. The van der Waals surface area contributed by atoms with E-state index in [0.29, 0.717) is 12.8 Å². The second-order valence-electron chi connectivity index (χ2n) is 10.3. The van der Waals surface area contributed by atoms with Gasteiger partial charge < -0.3 is 14.0 Å². The average molecular weight is 473 g/mol. The van der Waals surface area contributed by atoms with E-state index in [-0.39, 0.29) is 53.6 Å². The molecule has 1 unspecified atom stereocenters. The second-order valence-corrected chi connectivity index (χ2v) is 11.9. The van der Waals surface area contributed by atoms with Crippen LogP contribution in [0.1, 0.15) is 99.3 Å². The van der Waals surface area contributed by atoms with E-state index in [0.717, 1.165) is 38.5 Å². The van der Waals surface area contributed by atoms with Crippen LogP contribution in [-0.2, 0) is 29.2 Å². The Hall–Kier alpha value is -0.150. The van der Waals surface area contributed by atoms with Gasteiger partial charge in [-0.1, -0.05) is 67.2 Å². The van der Waals surface area contributed by atoms with Gasteiger partial charge in [-0.05, 0) is 36.5 Å². The van der Waals surface area contributed by atoms with Crippen LogP contribution in [-0.4, -0.2) is 43.4 Å². The summed E-state index contributed by atoms with van der Waals surface area (Å²) in [6.07, 6.45) is 6.17. The zero-order valence-corrected chi connectivity index (χ0v) is 23.4. The van der Waals surface area contributed by atoms with Crippen molar-refractivity contribution >= 4 is 22.1 Å². The molecular weight excluding hydrogens is 431 g/mol. The molecule has 0 aromatic heterocycles. The molecule has 9 heteroatoms. The van der Waals surface area contributed by atoms with E-state index >= 15 is 0 Å². The standard InChI is InChI=1S/C22H42O7S.Na/c1-21(2,3)13-9-7-11-15-28-19(23)17-18(30(25,26)27)20(24)29-16-12-8-10-14-22(4,5)6;/h18H,7-17H2,1-6H3,(H,25,26,27);/q;+1/p-1. The van der Waals surface area contributed by atoms with Gasteiger partial charge in [-0.25, -0.2) is 8.42 Å². The molecule has 1 atom stereocenters. The zero-order chi connectivity index (χ0) is 23.4. The Bertz CT molecular complexity index is 619. The summed E-state index contributed by atoms with van der Waals surface area (Å²) in [6.45, 7) is 13.0. The Morgan fingerprint density at radius 3 is 1.58 bits per heavy atom. The van der Waals surface area contributed by atoms with Crippen LogP contribution in [0.15, 0.2) is 0 Å². The first kappa shape index (κ1) is 33.0. The molecule has 0 heterocycles. The third-order valence-electron chi connectivity index (χ3n) is 4.61. The quantitative estimate of drug-likeness (QED) is 0.163. The van der Waals surface area contributed by atoms with Crippen molar-refractivity contribution in [2.24, 2.45) is 10.8 Å². The minimum atomic E-state index is -5.01. The summed E-state index contributed by atoms with van der Waals surface area (Å²) in [5.74, 6) is -2.06. The predicted molar refractivity (Wildman–Crippen MR) is 116 cm³/mol. The van der Waals surface area contributed by atoms with E-state index < -0.39 is 33.7 Å². The van der Waals surface area contributed by atoms with Crippen molar-refractivity contribution in [2.45, 2.75) is 105 Å². The molecule has 0 bridgehead atoms. The van der Waals surface area contributed by atoms with Crippen molar-refractivity contribution in [3.05, 3.63) is 0 Å². The zero-order valence-electron chi connectivity index (χ0n) is 20.6. The molecule has 0 aromatic rings. The summed E-state index contributed by atoms with van der Waals surface area (Å²) in [5.41, 5.74) is 0.477. The molecule has 0 aromatic carbocycles. The van der Waals surface area contributed by atoms with E-state index in [9.17, 15) is 22.6 Å². The number of esters is 2. The second kappa shape index (κ2) is 15.6. The van der Waals surface area contributed by atoms with Crippen LogP contribution in [0.25, 0.3) is 0 Å². The molecule has 0 aliphatic rings. The summed E-state index contributed by atoms with van der Waals surface area (Å²) in [6, 6.07) is 0. The number of ether oxygens (including phenoxy) is 2. The molecule has 31 heavy (non-hydrogen) atoms. The Morgan fingerprint density at radius 1 is 0.774 bits per heavy atom. The van der Waals surface area contributed by atoms with Gasteiger partial charge in [-0.2, -0.15) is 0 Å². The molecule has 178 valence electrons.